The molecule has 0 fully saturated rings. The predicted octanol–water partition coefficient (Wildman–Crippen LogP) is 5.01. The van der Waals surface area contributed by atoms with Gasteiger partial charge in [-0.25, -0.2) is 18.6 Å². The number of carbonyl (C=O) groups is 3. The number of benzene rings is 2. The van der Waals surface area contributed by atoms with E-state index >= 15 is 0 Å². The van der Waals surface area contributed by atoms with Crippen molar-refractivity contribution in [3.8, 4) is 11.3 Å². The molecule has 4 rings (SSSR count). The number of H-pyrrole nitrogens is 1. The van der Waals surface area contributed by atoms with Crippen molar-refractivity contribution >= 4 is 40.9 Å². The monoisotopic (exact) mass is 573 g/mol. The number of imidazole rings is 1. The van der Waals surface area contributed by atoms with Crippen LogP contribution in [0.15, 0.2) is 42.5 Å². The van der Waals surface area contributed by atoms with E-state index < -0.39 is 35.2 Å². The molecule has 3 amide bonds. The number of rotatable bonds is 5. The quantitative estimate of drug-likeness (QED) is 0.271. The topological polar surface area (TPSA) is 145 Å². The first-order valence-electron chi connectivity index (χ1n) is 12.3. The number of hydrogen-bond donors (Lipinski definition) is 5. The molecule has 0 aliphatic carbocycles. The normalized spacial score (nSPS) is 15.9. The fraction of sp³-hybridized carbons (Fsp3) is 0.259. The van der Waals surface area contributed by atoms with Crippen LogP contribution in [0.3, 0.4) is 0 Å². The van der Waals surface area contributed by atoms with E-state index in [0.29, 0.717) is 23.2 Å². The summed E-state index contributed by atoms with van der Waals surface area (Å²) in [6, 6.07) is 5.91. The van der Waals surface area contributed by atoms with E-state index in [0.717, 1.165) is 12.1 Å². The Bertz CT molecular complexity index is 1450. The van der Waals surface area contributed by atoms with Crippen LogP contribution in [-0.2, 0) is 9.53 Å². The lowest BCUT2D eigenvalue weighted by molar-refractivity contribution is -0.116. The van der Waals surface area contributed by atoms with Gasteiger partial charge in [-0.2, -0.15) is 0 Å². The minimum atomic E-state index is -0.989. The Balaban J connectivity index is 1.69. The second kappa shape index (κ2) is 12.7. The van der Waals surface area contributed by atoms with Crippen molar-refractivity contribution in [3.05, 3.63) is 76.2 Å². The van der Waals surface area contributed by atoms with Crippen molar-refractivity contribution in [1.29, 1.82) is 0 Å². The minimum Gasteiger partial charge on any atom is -0.447 e. The van der Waals surface area contributed by atoms with E-state index in [9.17, 15) is 23.2 Å². The van der Waals surface area contributed by atoms with E-state index in [-0.39, 0.29) is 54.3 Å². The summed E-state index contributed by atoms with van der Waals surface area (Å²) < 4.78 is 33.8. The van der Waals surface area contributed by atoms with Crippen LogP contribution in [0.2, 0.25) is 5.15 Å². The third-order valence-corrected chi connectivity index (χ3v) is 6.20. The standard InChI is InChI=1S/C27H26ClF2N5O5/c1-14-11-17(29)22(18(30)12-14)26(38)33-19-5-3-2-4-6-21(37)32-20-13-15(31-27(39)40-10-9-36)7-8-16(20)23-24(28)35-25(19)34-23/h2-3,7-8,11-13,19,36H,4-6,9-10H2,1H3,(H,31,39)(H,32,37)(H,33,38)(H,34,35)/b3-2+/t19-/m0/s1. The van der Waals surface area contributed by atoms with Gasteiger partial charge >= 0.3 is 6.09 Å². The average Bonchev–Trinajstić information content (AvgIpc) is 3.27. The minimum absolute atomic E-state index is 0.0848. The molecular formula is C27H26ClF2N5O5. The van der Waals surface area contributed by atoms with Gasteiger partial charge in [0.15, 0.2) is 0 Å². The maximum atomic E-state index is 14.5. The molecule has 10 nitrogen and oxygen atoms in total. The first-order chi connectivity index (χ1) is 19.2. The van der Waals surface area contributed by atoms with Gasteiger partial charge in [-0.1, -0.05) is 23.8 Å². The average molecular weight is 574 g/mol. The highest BCUT2D eigenvalue weighted by Crippen LogP contribution is 2.35. The van der Waals surface area contributed by atoms with E-state index in [1.165, 1.54) is 19.1 Å². The molecule has 0 saturated heterocycles. The van der Waals surface area contributed by atoms with Gasteiger partial charge in [0.1, 0.15) is 40.5 Å². The van der Waals surface area contributed by atoms with Crippen LogP contribution in [0, 0.1) is 18.6 Å². The first-order valence-corrected chi connectivity index (χ1v) is 12.7. The van der Waals surface area contributed by atoms with Gasteiger partial charge in [-0.3, -0.25) is 14.9 Å². The number of aliphatic hydroxyl groups excluding tert-OH is 1. The zero-order chi connectivity index (χ0) is 28.8. The number of allylic oxidation sites excluding steroid dienone is 1. The summed E-state index contributed by atoms with van der Waals surface area (Å²) >= 11 is 6.49. The van der Waals surface area contributed by atoms with Gasteiger partial charge in [0.25, 0.3) is 5.91 Å². The molecule has 3 aromatic rings. The molecule has 40 heavy (non-hydrogen) atoms. The Kier molecular flexibility index (Phi) is 9.12. The molecule has 1 aliphatic heterocycles. The van der Waals surface area contributed by atoms with Crippen LogP contribution < -0.4 is 16.0 Å². The number of aryl methyl sites for hydroxylation is 1. The Morgan fingerprint density at radius 2 is 1.95 bits per heavy atom. The number of hydrogen-bond acceptors (Lipinski definition) is 6. The molecule has 2 heterocycles. The second-order valence-corrected chi connectivity index (χ2v) is 9.33. The summed E-state index contributed by atoms with van der Waals surface area (Å²) in [4.78, 5) is 45.0. The SMILES string of the molecule is Cc1cc(F)c(C(=O)N[C@H]2C/C=C/CCC(=O)Nc3cc(NC(=O)OCCO)ccc3-c3nc2[nH]c3Cl)c(F)c1. The Morgan fingerprint density at radius 1 is 1.20 bits per heavy atom. The third kappa shape index (κ3) is 6.82. The molecule has 2 bridgehead atoms. The van der Waals surface area contributed by atoms with Crippen molar-refractivity contribution in [2.75, 3.05) is 23.8 Å². The fourth-order valence-corrected chi connectivity index (χ4v) is 4.34. The number of halogens is 3. The number of carbonyl (C=O) groups excluding carboxylic acids is 3. The number of amides is 3. The molecule has 1 aromatic heterocycles. The molecule has 2 aromatic carbocycles. The van der Waals surface area contributed by atoms with Crippen molar-refractivity contribution < 1.29 is 33.0 Å². The third-order valence-electron chi connectivity index (χ3n) is 5.92. The van der Waals surface area contributed by atoms with Crippen LogP contribution in [0.1, 0.15) is 47.1 Å². The van der Waals surface area contributed by atoms with Crippen LogP contribution in [0.5, 0.6) is 0 Å². The summed E-state index contributed by atoms with van der Waals surface area (Å²) in [5.74, 6) is -3.04. The van der Waals surface area contributed by atoms with Crippen LogP contribution in [0.25, 0.3) is 11.3 Å². The predicted molar refractivity (Wildman–Crippen MR) is 144 cm³/mol. The van der Waals surface area contributed by atoms with Crippen molar-refractivity contribution in [2.45, 2.75) is 32.2 Å². The number of aliphatic hydroxyl groups is 1. The number of nitrogens with one attached hydrogen (secondary N) is 4. The largest absolute Gasteiger partial charge is 0.447 e. The van der Waals surface area contributed by atoms with Gasteiger partial charge in [0, 0.05) is 17.7 Å². The number of anilines is 2. The zero-order valence-electron chi connectivity index (χ0n) is 21.3. The molecule has 5 N–H and O–H groups in total. The number of aromatic amines is 1. The fourth-order valence-electron chi connectivity index (χ4n) is 4.10. The maximum absolute atomic E-state index is 14.5. The summed E-state index contributed by atoms with van der Waals surface area (Å²) in [6.07, 6.45) is 3.36. The Labute approximate surface area is 232 Å². The zero-order valence-corrected chi connectivity index (χ0v) is 22.1. The highest BCUT2D eigenvalue weighted by Gasteiger charge is 2.25. The molecular weight excluding hydrogens is 548 g/mol. The van der Waals surface area contributed by atoms with Gasteiger partial charge in [0.05, 0.1) is 18.3 Å². The van der Waals surface area contributed by atoms with Gasteiger partial charge in [0.2, 0.25) is 5.91 Å². The van der Waals surface area contributed by atoms with E-state index in [2.05, 4.69) is 25.9 Å². The lowest BCUT2D eigenvalue weighted by Crippen LogP contribution is -2.30. The van der Waals surface area contributed by atoms with Gasteiger partial charge in [-0.15, -0.1) is 0 Å². The van der Waals surface area contributed by atoms with Crippen molar-refractivity contribution in [2.24, 2.45) is 0 Å². The number of fused-ring (bicyclic) bond motifs is 4. The Hall–Kier alpha value is -4.29. The number of nitrogens with zero attached hydrogens (tertiary/aromatic N) is 1. The molecule has 1 atom stereocenters. The summed E-state index contributed by atoms with van der Waals surface area (Å²) in [6.45, 7) is 0.992. The summed E-state index contributed by atoms with van der Waals surface area (Å²) in [5.41, 5.74) is 0.844. The molecule has 0 saturated carbocycles. The van der Waals surface area contributed by atoms with E-state index in [1.54, 1.807) is 18.2 Å². The molecule has 0 radical (unpaired) electrons. The molecule has 0 unspecified atom stereocenters. The van der Waals surface area contributed by atoms with E-state index in [4.69, 9.17) is 21.4 Å². The summed E-state index contributed by atoms with van der Waals surface area (Å²) in [7, 11) is 0. The van der Waals surface area contributed by atoms with Crippen molar-refractivity contribution in [3.63, 3.8) is 0 Å². The second-order valence-electron chi connectivity index (χ2n) is 8.95. The van der Waals surface area contributed by atoms with Crippen molar-refractivity contribution in [1.82, 2.24) is 15.3 Å². The lowest BCUT2D eigenvalue weighted by atomic mass is 10.1. The number of ether oxygens (including phenoxy) is 1. The van der Waals surface area contributed by atoms with Crippen LogP contribution in [0.4, 0.5) is 25.0 Å². The summed E-state index contributed by atoms with van der Waals surface area (Å²) in [5, 5.41) is 16.8. The Morgan fingerprint density at radius 3 is 2.67 bits per heavy atom. The molecule has 1 aliphatic rings. The smallest absolute Gasteiger partial charge is 0.411 e. The van der Waals surface area contributed by atoms with Gasteiger partial charge < -0.3 is 25.5 Å². The van der Waals surface area contributed by atoms with E-state index in [1.807, 2.05) is 0 Å². The highest BCUT2D eigenvalue weighted by atomic mass is 35.5. The number of aromatic nitrogens is 2. The molecule has 210 valence electrons. The van der Waals surface area contributed by atoms with Crippen LogP contribution in [-0.4, -0.2) is 46.2 Å². The first kappa shape index (κ1) is 28.7. The van der Waals surface area contributed by atoms with Gasteiger partial charge in [-0.05, 0) is 55.7 Å². The lowest BCUT2D eigenvalue weighted by Gasteiger charge is -2.16. The highest BCUT2D eigenvalue weighted by molar-refractivity contribution is 6.32. The van der Waals surface area contributed by atoms with Crippen LogP contribution >= 0.6 is 11.6 Å². The molecule has 0 spiro atoms. The maximum Gasteiger partial charge on any atom is 0.411 e. The molecule has 13 heteroatoms.